The smallest absolute Gasteiger partial charge is 0.316 e. The van der Waals surface area contributed by atoms with Crippen molar-refractivity contribution in [1.82, 2.24) is 15.4 Å². The number of aryl methyl sites for hydroxylation is 2. The van der Waals surface area contributed by atoms with Crippen LogP contribution in [-0.4, -0.2) is 22.0 Å². The van der Waals surface area contributed by atoms with Gasteiger partial charge in [0, 0.05) is 35.9 Å². The number of aromatic nitrogens is 3. The zero-order valence-corrected chi connectivity index (χ0v) is 18.3. The van der Waals surface area contributed by atoms with Crippen LogP contribution >= 0.6 is 23.2 Å². The highest BCUT2D eigenvalue weighted by Crippen LogP contribution is 2.26. The first kappa shape index (κ1) is 21.3. The molecule has 29 heavy (non-hydrogen) atoms. The van der Waals surface area contributed by atoms with Crippen LogP contribution in [-0.2, 0) is 17.8 Å². The summed E-state index contributed by atoms with van der Waals surface area (Å²) in [5.41, 5.74) is 2.28. The summed E-state index contributed by atoms with van der Waals surface area (Å²) in [4.78, 5) is 17.0. The van der Waals surface area contributed by atoms with Crippen LogP contribution in [0.3, 0.4) is 0 Å². The fraction of sp³-hybridized carbons (Fsp3) is 0.318. The lowest BCUT2D eigenvalue weighted by Crippen LogP contribution is -2.49. The maximum atomic E-state index is 12.7. The molecular weight excluding hydrogens is 407 g/mol. The zero-order valence-electron chi connectivity index (χ0n) is 16.7. The van der Waals surface area contributed by atoms with E-state index >= 15 is 0 Å². The van der Waals surface area contributed by atoms with Gasteiger partial charge in [-0.3, -0.25) is 4.79 Å². The quantitative estimate of drug-likeness (QED) is 0.551. The number of rotatable bonds is 7. The molecule has 0 saturated heterocycles. The van der Waals surface area contributed by atoms with E-state index in [0.29, 0.717) is 10.0 Å². The van der Waals surface area contributed by atoms with Gasteiger partial charge in [-0.15, -0.1) is 4.68 Å². The van der Waals surface area contributed by atoms with E-state index in [2.05, 4.69) is 15.4 Å². The zero-order chi connectivity index (χ0) is 21.0. The molecule has 0 aliphatic carbocycles. The number of nitrogens with zero attached hydrogens (tertiary/aromatic N) is 2. The number of benzene rings is 2. The maximum absolute atomic E-state index is 12.7. The minimum atomic E-state index is -0.0794. The van der Waals surface area contributed by atoms with E-state index in [1.807, 2.05) is 69.3 Å². The summed E-state index contributed by atoms with van der Waals surface area (Å²) in [5, 5.41) is 7.62. The Morgan fingerprint density at radius 2 is 1.66 bits per heavy atom. The number of nitrogens with one attached hydrogen (secondary N) is 2. The van der Waals surface area contributed by atoms with Gasteiger partial charge in [-0.1, -0.05) is 47.5 Å². The molecule has 0 spiro atoms. The average Bonchev–Trinajstić information content (AvgIpc) is 2.98. The van der Waals surface area contributed by atoms with E-state index in [4.69, 9.17) is 23.2 Å². The topological polar surface area (TPSA) is 61.7 Å². The molecule has 5 nitrogen and oxygen atoms in total. The Hall–Kier alpha value is -2.37. The number of carbonyl (C=O) groups excluding carboxylic acids is 1. The van der Waals surface area contributed by atoms with Crippen molar-refractivity contribution in [3.05, 3.63) is 81.4 Å². The van der Waals surface area contributed by atoms with E-state index in [1.54, 1.807) is 4.68 Å². The minimum Gasteiger partial charge on any atom is -0.350 e. The largest absolute Gasteiger partial charge is 0.350 e. The van der Waals surface area contributed by atoms with E-state index in [0.717, 1.165) is 29.2 Å². The third-order valence-electron chi connectivity index (χ3n) is 4.98. The molecule has 7 heteroatoms. The van der Waals surface area contributed by atoms with Gasteiger partial charge in [-0.05, 0) is 53.7 Å². The van der Waals surface area contributed by atoms with Crippen molar-refractivity contribution in [3.63, 3.8) is 0 Å². The Balaban J connectivity index is 1.76. The van der Waals surface area contributed by atoms with Gasteiger partial charge in [0.1, 0.15) is 0 Å². The van der Waals surface area contributed by atoms with Gasteiger partial charge >= 0.3 is 5.82 Å². The van der Waals surface area contributed by atoms with Crippen molar-refractivity contribution in [2.45, 2.75) is 45.7 Å². The highest BCUT2D eigenvalue weighted by molar-refractivity contribution is 6.30. The van der Waals surface area contributed by atoms with Crippen molar-refractivity contribution in [2.24, 2.45) is 0 Å². The van der Waals surface area contributed by atoms with Crippen LogP contribution in [0.5, 0.6) is 0 Å². The molecule has 3 rings (SSSR count). The lowest BCUT2D eigenvalue weighted by molar-refractivity contribution is -0.745. The van der Waals surface area contributed by atoms with E-state index in [-0.39, 0.29) is 24.4 Å². The molecule has 0 bridgehead atoms. The number of amides is 1. The third kappa shape index (κ3) is 5.81. The molecular formula is C22H25Cl2N4O+. The average molecular weight is 432 g/mol. The molecule has 0 saturated carbocycles. The van der Waals surface area contributed by atoms with Gasteiger partial charge in [0.15, 0.2) is 6.54 Å². The highest BCUT2D eigenvalue weighted by atomic mass is 35.5. The van der Waals surface area contributed by atoms with Crippen LogP contribution in [0.2, 0.25) is 10.0 Å². The Labute approximate surface area is 181 Å². The Morgan fingerprint density at radius 3 is 2.21 bits per heavy atom. The molecule has 2 N–H and O–H groups in total. The second-order valence-corrected chi connectivity index (χ2v) is 8.16. The van der Waals surface area contributed by atoms with Crippen LogP contribution < -0.4 is 10.00 Å². The Morgan fingerprint density at radius 1 is 1.07 bits per heavy atom. The van der Waals surface area contributed by atoms with Crippen molar-refractivity contribution in [2.75, 3.05) is 0 Å². The molecule has 3 aromatic rings. The van der Waals surface area contributed by atoms with Crippen LogP contribution in [0, 0.1) is 13.8 Å². The SMILES string of the molecule is Cc1nc(C)[n+](CC(=O)N[C@H](C)[C@H](Cc2ccc(Cl)cc2)c2ccc(Cl)cc2)[nH]1. The minimum absolute atomic E-state index is 0.0654. The van der Waals surface area contributed by atoms with Crippen molar-refractivity contribution >= 4 is 29.1 Å². The van der Waals surface area contributed by atoms with Crippen molar-refractivity contribution in [1.29, 1.82) is 0 Å². The molecule has 0 fully saturated rings. The highest BCUT2D eigenvalue weighted by Gasteiger charge is 2.23. The fourth-order valence-corrected chi connectivity index (χ4v) is 3.72. The lowest BCUT2D eigenvalue weighted by Gasteiger charge is -2.25. The summed E-state index contributed by atoms with van der Waals surface area (Å²) >= 11 is 12.1. The summed E-state index contributed by atoms with van der Waals surface area (Å²) in [5.74, 6) is 1.59. The second-order valence-electron chi connectivity index (χ2n) is 7.29. The van der Waals surface area contributed by atoms with Crippen LogP contribution in [0.1, 0.15) is 35.6 Å². The van der Waals surface area contributed by atoms with E-state index < -0.39 is 0 Å². The van der Waals surface area contributed by atoms with Gasteiger partial charge in [0.05, 0.1) is 0 Å². The summed E-state index contributed by atoms with van der Waals surface area (Å²) in [6.07, 6.45) is 0.773. The first-order valence-corrected chi connectivity index (χ1v) is 10.3. The van der Waals surface area contributed by atoms with E-state index in [1.165, 1.54) is 0 Å². The molecule has 0 unspecified atom stereocenters. The first-order chi connectivity index (χ1) is 13.8. The predicted molar refractivity (Wildman–Crippen MR) is 115 cm³/mol. The van der Waals surface area contributed by atoms with Gasteiger partial charge in [0.25, 0.3) is 5.91 Å². The predicted octanol–water partition coefficient (Wildman–Crippen LogP) is 4.15. The molecule has 152 valence electrons. The third-order valence-corrected chi connectivity index (χ3v) is 5.48. The molecule has 0 radical (unpaired) electrons. The number of aromatic amines is 1. The second kappa shape index (κ2) is 9.42. The maximum Gasteiger partial charge on any atom is 0.316 e. The molecule has 2 atom stereocenters. The standard InChI is InChI=1S/C22H24Cl2N4O/c1-14(25-22(29)13-28-16(3)26-15(2)27-28)21(18-6-10-20(24)11-7-18)12-17-4-8-19(23)9-5-17/h4-11,14,21H,12-13H2,1-3H3,(H,25,29)/p+1/t14-,21+/m1/s1. The van der Waals surface area contributed by atoms with Gasteiger partial charge in [-0.2, -0.15) is 5.10 Å². The number of H-pyrrole nitrogens is 1. The van der Waals surface area contributed by atoms with E-state index in [9.17, 15) is 4.79 Å². The summed E-state index contributed by atoms with van der Waals surface area (Å²) in [6.45, 7) is 5.97. The molecule has 1 amide bonds. The van der Waals surface area contributed by atoms with Crippen LogP contribution in [0.25, 0.3) is 0 Å². The normalized spacial score (nSPS) is 13.1. The molecule has 0 aliphatic rings. The summed E-state index contributed by atoms with van der Waals surface area (Å²) in [6, 6.07) is 15.5. The number of hydrogen-bond acceptors (Lipinski definition) is 2. The Bertz CT molecular complexity index is 967. The van der Waals surface area contributed by atoms with Crippen LogP contribution in [0.15, 0.2) is 48.5 Å². The van der Waals surface area contributed by atoms with Gasteiger partial charge < -0.3 is 5.32 Å². The van der Waals surface area contributed by atoms with Gasteiger partial charge in [0.2, 0.25) is 5.82 Å². The fourth-order valence-electron chi connectivity index (χ4n) is 3.47. The monoisotopic (exact) mass is 431 g/mol. The number of carbonyl (C=O) groups is 1. The van der Waals surface area contributed by atoms with Gasteiger partial charge in [-0.25, -0.2) is 0 Å². The van der Waals surface area contributed by atoms with Crippen LogP contribution in [0.4, 0.5) is 0 Å². The molecule has 0 aliphatic heterocycles. The Kier molecular flexibility index (Phi) is 6.93. The number of hydrogen-bond donors (Lipinski definition) is 2. The first-order valence-electron chi connectivity index (χ1n) is 9.54. The summed E-state index contributed by atoms with van der Waals surface area (Å²) < 4.78 is 1.74. The number of halogens is 2. The molecule has 2 aromatic carbocycles. The molecule has 1 aromatic heterocycles. The lowest BCUT2D eigenvalue weighted by atomic mass is 9.86. The summed E-state index contributed by atoms with van der Waals surface area (Å²) in [7, 11) is 0. The van der Waals surface area contributed by atoms with Crippen molar-refractivity contribution < 1.29 is 9.48 Å². The molecule has 1 heterocycles. The van der Waals surface area contributed by atoms with Crippen molar-refractivity contribution in [3.8, 4) is 0 Å².